The summed E-state index contributed by atoms with van der Waals surface area (Å²) in [5, 5.41) is 3.49. The first-order valence-electron chi connectivity index (χ1n) is 13.5. The molecule has 0 heterocycles. The van der Waals surface area contributed by atoms with E-state index in [1.54, 1.807) is 54.6 Å². The highest BCUT2D eigenvalue weighted by atomic mass is 35.5. The molecule has 214 valence electrons. The standard InChI is InChI=1S/C31H38ClN3O4S/c1-5-7-19-33-31(37)29(6-2)34(21-25-14-16-26(32)17-15-25)30(36)22-35(27-18-13-23(3)24(4)20-27)40(38,39)28-11-9-8-10-12-28/h8-18,20,29H,5-7,19,21-22H2,1-4H3,(H,33,37). The van der Waals surface area contributed by atoms with Crippen LogP contribution in [0.15, 0.2) is 77.7 Å². The number of carbonyl (C=O) groups excluding carboxylic acids is 2. The molecular weight excluding hydrogens is 546 g/mol. The van der Waals surface area contributed by atoms with Gasteiger partial charge in [0.1, 0.15) is 12.6 Å². The topological polar surface area (TPSA) is 86.8 Å². The van der Waals surface area contributed by atoms with E-state index in [-0.39, 0.29) is 17.3 Å². The summed E-state index contributed by atoms with van der Waals surface area (Å²) >= 11 is 6.07. The minimum atomic E-state index is -4.09. The molecular formula is C31H38ClN3O4S. The summed E-state index contributed by atoms with van der Waals surface area (Å²) in [7, 11) is -4.09. The largest absolute Gasteiger partial charge is 0.354 e. The van der Waals surface area contributed by atoms with Crippen LogP contribution in [-0.4, -0.2) is 44.3 Å². The van der Waals surface area contributed by atoms with E-state index in [4.69, 9.17) is 11.6 Å². The summed E-state index contributed by atoms with van der Waals surface area (Å²) in [4.78, 5) is 28.9. The minimum Gasteiger partial charge on any atom is -0.354 e. The van der Waals surface area contributed by atoms with Crippen LogP contribution in [0.5, 0.6) is 0 Å². The fourth-order valence-electron chi connectivity index (χ4n) is 4.34. The van der Waals surface area contributed by atoms with Gasteiger partial charge in [0.05, 0.1) is 10.6 Å². The Labute approximate surface area is 243 Å². The molecule has 0 saturated heterocycles. The van der Waals surface area contributed by atoms with Gasteiger partial charge < -0.3 is 10.2 Å². The lowest BCUT2D eigenvalue weighted by Crippen LogP contribution is -2.52. The predicted octanol–water partition coefficient (Wildman–Crippen LogP) is 5.88. The molecule has 9 heteroatoms. The molecule has 0 aliphatic rings. The van der Waals surface area contributed by atoms with E-state index >= 15 is 0 Å². The third-order valence-corrected chi connectivity index (χ3v) is 8.91. The Kier molecular flexibility index (Phi) is 11.2. The number of unbranched alkanes of at least 4 members (excludes halogenated alkanes) is 1. The number of hydrogen-bond donors (Lipinski definition) is 1. The first-order chi connectivity index (χ1) is 19.1. The summed E-state index contributed by atoms with van der Waals surface area (Å²) < 4.78 is 28.9. The number of amides is 2. The number of carbonyl (C=O) groups is 2. The SMILES string of the molecule is CCCCNC(=O)C(CC)N(Cc1ccc(Cl)cc1)C(=O)CN(c1ccc(C)c(C)c1)S(=O)(=O)c1ccccc1. The zero-order chi connectivity index (χ0) is 29.3. The molecule has 1 atom stereocenters. The van der Waals surface area contributed by atoms with Gasteiger partial charge in [-0.05, 0) is 79.8 Å². The van der Waals surface area contributed by atoms with Crippen molar-refractivity contribution in [3.63, 3.8) is 0 Å². The second-order valence-corrected chi connectivity index (χ2v) is 12.1. The number of hydrogen-bond acceptors (Lipinski definition) is 4. The van der Waals surface area contributed by atoms with Gasteiger partial charge in [-0.2, -0.15) is 0 Å². The maximum absolute atomic E-state index is 14.1. The molecule has 0 aliphatic carbocycles. The summed E-state index contributed by atoms with van der Waals surface area (Å²) in [6.45, 7) is 7.88. The lowest BCUT2D eigenvalue weighted by atomic mass is 10.1. The van der Waals surface area contributed by atoms with Crippen molar-refractivity contribution in [3.05, 3.63) is 94.5 Å². The third kappa shape index (κ3) is 7.86. The number of nitrogens with one attached hydrogen (secondary N) is 1. The van der Waals surface area contributed by atoms with Crippen LogP contribution in [0.3, 0.4) is 0 Å². The van der Waals surface area contributed by atoms with Crippen LogP contribution in [0, 0.1) is 13.8 Å². The molecule has 0 saturated carbocycles. The second-order valence-electron chi connectivity index (χ2n) is 9.81. The molecule has 7 nitrogen and oxygen atoms in total. The summed E-state index contributed by atoms with van der Waals surface area (Å²) in [6, 6.07) is 19.6. The van der Waals surface area contributed by atoms with Crippen molar-refractivity contribution < 1.29 is 18.0 Å². The van der Waals surface area contributed by atoms with E-state index in [1.807, 2.05) is 33.8 Å². The highest BCUT2D eigenvalue weighted by molar-refractivity contribution is 7.92. The molecule has 1 N–H and O–H groups in total. The van der Waals surface area contributed by atoms with Gasteiger partial charge in [-0.1, -0.05) is 68.3 Å². The van der Waals surface area contributed by atoms with Crippen LogP contribution in [0.2, 0.25) is 5.02 Å². The molecule has 0 radical (unpaired) electrons. The van der Waals surface area contributed by atoms with Crippen molar-refractivity contribution >= 4 is 39.1 Å². The predicted molar refractivity (Wildman–Crippen MR) is 161 cm³/mol. The number of nitrogens with zero attached hydrogens (tertiary/aromatic N) is 2. The van der Waals surface area contributed by atoms with E-state index in [0.717, 1.165) is 33.8 Å². The fourth-order valence-corrected chi connectivity index (χ4v) is 5.89. The number of anilines is 1. The molecule has 0 aromatic heterocycles. The molecule has 3 rings (SSSR count). The van der Waals surface area contributed by atoms with Crippen LogP contribution in [0.4, 0.5) is 5.69 Å². The van der Waals surface area contributed by atoms with Gasteiger partial charge in [0.15, 0.2) is 0 Å². The van der Waals surface area contributed by atoms with E-state index in [9.17, 15) is 18.0 Å². The third-order valence-electron chi connectivity index (χ3n) is 6.87. The quantitative estimate of drug-likeness (QED) is 0.255. The van der Waals surface area contributed by atoms with E-state index in [0.29, 0.717) is 23.7 Å². The Morgan fingerprint density at radius 3 is 2.20 bits per heavy atom. The summed E-state index contributed by atoms with van der Waals surface area (Å²) in [6.07, 6.45) is 2.11. The van der Waals surface area contributed by atoms with E-state index in [2.05, 4.69) is 5.32 Å². The Hall–Kier alpha value is -3.36. The van der Waals surface area contributed by atoms with Crippen LogP contribution in [0.25, 0.3) is 0 Å². The normalized spacial score (nSPS) is 12.0. The average Bonchev–Trinajstić information content (AvgIpc) is 2.94. The lowest BCUT2D eigenvalue weighted by Gasteiger charge is -2.33. The molecule has 2 amide bonds. The monoisotopic (exact) mass is 583 g/mol. The number of halogens is 1. The smallest absolute Gasteiger partial charge is 0.264 e. The zero-order valence-corrected chi connectivity index (χ0v) is 25.1. The van der Waals surface area contributed by atoms with E-state index in [1.165, 1.54) is 17.0 Å². The first kappa shape index (κ1) is 31.2. The van der Waals surface area contributed by atoms with Crippen molar-refractivity contribution in [2.24, 2.45) is 0 Å². The minimum absolute atomic E-state index is 0.0784. The number of sulfonamides is 1. The Balaban J connectivity index is 2.04. The van der Waals surface area contributed by atoms with Gasteiger partial charge >= 0.3 is 0 Å². The lowest BCUT2D eigenvalue weighted by molar-refractivity contribution is -0.140. The molecule has 40 heavy (non-hydrogen) atoms. The number of benzene rings is 3. The highest BCUT2D eigenvalue weighted by Crippen LogP contribution is 2.27. The van der Waals surface area contributed by atoms with Gasteiger partial charge in [0, 0.05) is 18.1 Å². The molecule has 0 spiro atoms. The van der Waals surface area contributed by atoms with Gasteiger partial charge in [-0.25, -0.2) is 8.42 Å². The number of aryl methyl sites for hydroxylation is 2. The van der Waals surface area contributed by atoms with Crippen molar-refractivity contribution in [2.45, 2.75) is 64.4 Å². The molecule has 3 aromatic rings. The Morgan fingerprint density at radius 2 is 1.60 bits per heavy atom. The fraction of sp³-hybridized carbons (Fsp3) is 0.355. The highest BCUT2D eigenvalue weighted by Gasteiger charge is 2.33. The van der Waals surface area contributed by atoms with Crippen LogP contribution in [-0.2, 0) is 26.2 Å². The van der Waals surface area contributed by atoms with Gasteiger partial charge in [0.2, 0.25) is 11.8 Å². The molecule has 0 bridgehead atoms. The maximum atomic E-state index is 14.1. The van der Waals surface area contributed by atoms with Gasteiger partial charge in [-0.3, -0.25) is 13.9 Å². The second kappa shape index (κ2) is 14.3. The number of rotatable bonds is 13. The Bertz CT molecular complexity index is 1400. The molecule has 0 fully saturated rings. The maximum Gasteiger partial charge on any atom is 0.264 e. The summed E-state index contributed by atoms with van der Waals surface area (Å²) in [5.41, 5.74) is 3.07. The summed E-state index contributed by atoms with van der Waals surface area (Å²) in [5.74, 6) is -0.743. The van der Waals surface area contributed by atoms with Gasteiger partial charge in [0.25, 0.3) is 10.0 Å². The van der Waals surface area contributed by atoms with Crippen LogP contribution in [0.1, 0.15) is 49.8 Å². The van der Waals surface area contributed by atoms with Crippen molar-refractivity contribution in [2.75, 3.05) is 17.4 Å². The molecule has 0 aliphatic heterocycles. The van der Waals surface area contributed by atoms with Crippen molar-refractivity contribution in [1.82, 2.24) is 10.2 Å². The van der Waals surface area contributed by atoms with Crippen LogP contribution >= 0.6 is 11.6 Å². The Morgan fingerprint density at radius 1 is 0.925 bits per heavy atom. The zero-order valence-electron chi connectivity index (χ0n) is 23.6. The van der Waals surface area contributed by atoms with E-state index < -0.39 is 28.5 Å². The first-order valence-corrected chi connectivity index (χ1v) is 15.4. The molecule has 1 unspecified atom stereocenters. The van der Waals surface area contributed by atoms with Crippen molar-refractivity contribution in [1.29, 1.82) is 0 Å². The van der Waals surface area contributed by atoms with Crippen molar-refractivity contribution in [3.8, 4) is 0 Å². The van der Waals surface area contributed by atoms with Gasteiger partial charge in [-0.15, -0.1) is 0 Å². The van der Waals surface area contributed by atoms with Crippen LogP contribution < -0.4 is 9.62 Å². The molecule has 3 aromatic carbocycles. The average molecular weight is 584 g/mol.